The molecular weight excluding hydrogens is 335 g/mol. The lowest BCUT2D eigenvalue weighted by Crippen LogP contribution is -2.12. The molecule has 2 rings (SSSR count). The Morgan fingerprint density at radius 2 is 2.11 bits per heavy atom. The Morgan fingerprint density at radius 1 is 1.32 bits per heavy atom. The van der Waals surface area contributed by atoms with E-state index in [4.69, 9.17) is 0 Å². The van der Waals surface area contributed by atoms with Gasteiger partial charge in [0.2, 0.25) is 0 Å². The van der Waals surface area contributed by atoms with Gasteiger partial charge >= 0.3 is 5.00 Å². The fourth-order valence-corrected chi connectivity index (χ4v) is 2.76. The van der Waals surface area contributed by atoms with E-state index in [9.17, 15) is 14.5 Å². The fourth-order valence-electron chi connectivity index (χ4n) is 1.56. The molecule has 0 bridgehead atoms. The van der Waals surface area contributed by atoms with E-state index in [2.05, 4.69) is 21.2 Å². The van der Waals surface area contributed by atoms with Gasteiger partial charge in [0.1, 0.15) is 5.82 Å². The molecule has 1 heterocycles. The van der Waals surface area contributed by atoms with Gasteiger partial charge in [-0.1, -0.05) is 27.3 Å². The SMILES string of the molecule is O=[N+]([O-])c1ccc(CNCc2cc(Br)ccc2F)s1. The lowest BCUT2D eigenvalue weighted by molar-refractivity contribution is -0.380. The molecule has 0 aliphatic carbocycles. The molecule has 0 saturated carbocycles. The second kappa shape index (κ2) is 6.23. The normalized spacial score (nSPS) is 10.6. The van der Waals surface area contributed by atoms with E-state index in [1.807, 2.05) is 0 Å². The van der Waals surface area contributed by atoms with E-state index in [-0.39, 0.29) is 10.8 Å². The minimum absolute atomic E-state index is 0.116. The van der Waals surface area contributed by atoms with E-state index in [1.165, 1.54) is 12.1 Å². The van der Waals surface area contributed by atoms with Crippen LogP contribution in [0.25, 0.3) is 0 Å². The van der Waals surface area contributed by atoms with Crippen molar-refractivity contribution in [3.05, 3.63) is 61.2 Å². The number of hydrogen-bond donors (Lipinski definition) is 1. The molecule has 4 nitrogen and oxygen atoms in total. The maximum atomic E-state index is 13.5. The molecule has 0 unspecified atom stereocenters. The number of thiophene rings is 1. The van der Waals surface area contributed by atoms with Crippen molar-refractivity contribution < 1.29 is 9.31 Å². The van der Waals surface area contributed by atoms with Gasteiger partial charge in [-0.15, -0.1) is 0 Å². The van der Waals surface area contributed by atoms with Crippen molar-refractivity contribution in [1.29, 1.82) is 0 Å². The van der Waals surface area contributed by atoms with Crippen LogP contribution in [0.4, 0.5) is 9.39 Å². The van der Waals surface area contributed by atoms with Gasteiger partial charge in [-0.25, -0.2) is 4.39 Å². The summed E-state index contributed by atoms with van der Waals surface area (Å²) in [5.74, 6) is -0.270. The second-order valence-corrected chi connectivity index (χ2v) is 5.90. The number of rotatable bonds is 5. The first-order valence-corrected chi connectivity index (χ1v) is 7.05. The third-order valence-corrected chi connectivity index (χ3v) is 3.98. The molecule has 0 amide bonds. The third kappa shape index (κ3) is 3.82. The third-order valence-electron chi connectivity index (χ3n) is 2.45. The van der Waals surface area contributed by atoms with Crippen LogP contribution in [0.2, 0.25) is 0 Å². The largest absolute Gasteiger partial charge is 0.324 e. The van der Waals surface area contributed by atoms with Gasteiger partial charge in [-0.2, -0.15) is 0 Å². The zero-order chi connectivity index (χ0) is 13.8. The maximum Gasteiger partial charge on any atom is 0.324 e. The molecule has 0 aliphatic heterocycles. The highest BCUT2D eigenvalue weighted by Crippen LogP contribution is 2.23. The Morgan fingerprint density at radius 3 is 2.79 bits per heavy atom. The summed E-state index contributed by atoms with van der Waals surface area (Å²) in [4.78, 5) is 11.0. The molecule has 0 atom stereocenters. The van der Waals surface area contributed by atoms with Crippen LogP contribution in [0.3, 0.4) is 0 Å². The Balaban J connectivity index is 1.92. The van der Waals surface area contributed by atoms with E-state index >= 15 is 0 Å². The molecule has 2 aromatic rings. The summed E-state index contributed by atoms with van der Waals surface area (Å²) in [7, 11) is 0. The Hall–Kier alpha value is -1.31. The maximum absolute atomic E-state index is 13.5. The highest BCUT2D eigenvalue weighted by atomic mass is 79.9. The summed E-state index contributed by atoms with van der Waals surface area (Å²) >= 11 is 4.40. The molecule has 1 aromatic carbocycles. The molecule has 0 spiro atoms. The Labute approximate surface area is 121 Å². The van der Waals surface area contributed by atoms with Crippen LogP contribution in [-0.2, 0) is 13.1 Å². The van der Waals surface area contributed by atoms with Crippen molar-refractivity contribution in [1.82, 2.24) is 5.32 Å². The molecule has 1 aromatic heterocycles. The topological polar surface area (TPSA) is 55.2 Å². The van der Waals surface area contributed by atoms with Crippen molar-refractivity contribution in [2.45, 2.75) is 13.1 Å². The van der Waals surface area contributed by atoms with Crippen molar-refractivity contribution in [3.63, 3.8) is 0 Å². The van der Waals surface area contributed by atoms with Gasteiger partial charge in [0, 0.05) is 34.1 Å². The first kappa shape index (κ1) is 14.1. The second-order valence-electron chi connectivity index (χ2n) is 3.84. The first-order chi connectivity index (χ1) is 9.06. The van der Waals surface area contributed by atoms with Crippen LogP contribution < -0.4 is 5.32 Å². The van der Waals surface area contributed by atoms with E-state index in [0.29, 0.717) is 18.7 Å². The van der Waals surface area contributed by atoms with E-state index < -0.39 is 4.92 Å². The molecule has 0 fully saturated rings. The fraction of sp³-hybridized carbons (Fsp3) is 0.167. The molecule has 0 radical (unpaired) electrons. The summed E-state index contributed by atoms with van der Waals surface area (Å²) in [5, 5.41) is 13.7. The molecule has 1 N–H and O–H groups in total. The van der Waals surface area contributed by atoms with Crippen LogP contribution in [0.1, 0.15) is 10.4 Å². The van der Waals surface area contributed by atoms with Crippen molar-refractivity contribution in [2.24, 2.45) is 0 Å². The highest BCUT2D eigenvalue weighted by Gasteiger charge is 2.09. The lowest BCUT2D eigenvalue weighted by atomic mass is 10.2. The predicted molar refractivity (Wildman–Crippen MR) is 75.6 cm³/mol. The first-order valence-electron chi connectivity index (χ1n) is 5.44. The monoisotopic (exact) mass is 344 g/mol. The van der Waals surface area contributed by atoms with Gasteiger partial charge in [0.15, 0.2) is 0 Å². The van der Waals surface area contributed by atoms with Crippen molar-refractivity contribution in [2.75, 3.05) is 0 Å². The van der Waals surface area contributed by atoms with Gasteiger partial charge in [-0.05, 0) is 24.3 Å². The zero-order valence-corrected chi connectivity index (χ0v) is 12.1. The Kier molecular flexibility index (Phi) is 4.62. The number of benzene rings is 1. The van der Waals surface area contributed by atoms with Crippen LogP contribution in [0.5, 0.6) is 0 Å². The van der Waals surface area contributed by atoms with Crippen LogP contribution in [0, 0.1) is 15.9 Å². The predicted octanol–water partition coefficient (Wildman–Crippen LogP) is 3.85. The summed E-state index contributed by atoms with van der Waals surface area (Å²) in [6, 6.07) is 7.92. The van der Waals surface area contributed by atoms with Crippen LogP contribution in [0.15, 0.2) is 34.8 Å². The minimum atomic E-state index is -0.415. The zero-order valence-electron chi connectivity index (χ0n) is 9.73. The van der Waals surface area contributed by atoms with Gasteiger partial charge in [-0.3, -0.25) is 10.1 Å². The number of nitro groups is 1. The molecule has 7 heteroatoms. The van der Waals surface area contributed by atoms with Crippen molar-refractivity contribution >= 4 is 32.3 Å². The number of nitrogens with one attached hydrogen (secondary N) is 1. The van der Waals surface area contributed by atoms with E-state index in [1.54, 1.807) is 18.2 Å². The molecule has 0 saturated heterocycles. The molecular formula is C12H10BrFN2O2S. The molecule has 0 aliphatic rings. The smallest absolute Gasteiger partial charge is 0.308 e. The van der Waals surface area contributed by atoms with Crippen LogP contribution >= 0.6 is 27.3 Å². The van der Waals surface area contributed by atoms with Gasteiger partial charge in [0.05, 0.1) is 4.92 Å². The quantitative estimate of drug-likeness (QED) is 0.662. The van der Waals surface area contributed by atoms with Gasteiger partial charge < -0.3 is 5.32 Å². The molecule has 19 heavy (non-hydrogen) atoms. The summed E-state index contributed by atoms with van der Waals surface area (Å²) < 4.78 is 14.3. The Bertz CT molecular complexity index is 603. The molecule has 100 valence electrons. The highest BCUT2D eigenvalue weighted by molar-refractivity contribution is 9.10. The van der Waals surface area contributed by atoms with Gasteiger partial charge in [0.25, 0.3) is 0 Å². The number of nitrogens with zero attached hydrogens (tertiary/aromatic N) is 1. The van der Waals surface area contributed by atoms with Crippen molar-refractivity contribution in [3.8, 4) is 0 Å². The minimum Gasteiger partial charge on any atom is -0.308 e. The summed E-state index contributed by atoms with van der Waals surface area (Å²) in [6.07, 6.45) is 0. The number of halogens is 2. The van der Waals surface area contributed by atoms with E-state index in [0.717, 1.165) is 20.7 Å². The standard InChI is InChI=1S/C12H10BrFN2O2S/c13-9-1-3-11(14)8(5-9)6-15-7-10-2-4-12(19-10)16(17)18/h1-5,15H,6-7H2. The average Bonchev–Trinajstić information content (AvgIpc) is 2.82. The summed E-state index contributed by atoms with van der Waals surface area (Å²) in [6.45, 7) is 0.849. The number of hydrogen-bond acceptors (Lipinski definition) is 4. The summed E-state index contributed by atoms with van der Waals surface area (Å²) in [5.41, 5.74) is 0.556. The lowest BCUT2D eigenvalue weighted by Gasteiger charge is -2.05. The average molecular weight is 345 g/mol. The van der Waals surface area contributed by atoms with Crippen LogP contribution in [-0.4, -0.2) is 4.92 Å².